The first-order valence-corrected chi connectivity index (χ1v) is 27.3. The minimum absolute atomic E-state index is 0.251. The molecule has 0 spiro atoms. The first kappa shape index (κ1) is 60.2. The summed E-state index contributed by atoms with van der Waals surface area (Å²) in [5, 5.41) is 65.4. The molecule has 0 radical (unpaired) electrons. The maximum absolute atomic E-state index is 13.1. The molecule has 1 aliphatic rings. The predicted octanol–water partition coefficient (Wildman–Crippen LogP) is 11.7. The van der Waals surface area contributed by atoms with Gasteiger partial charge in [0.1, 0.15) is 30.5 Å². The Morgan fingerprint density at radius 2 is 0.825 bits per heavy atom. The summed E-state index contributed by atoms with van der Waals surface area (Å²) in [6.45, 7) is 3.65. The minimum atomic E-state index is -1.60. The lowest BCUT2D eigenvalue weighted by atomic mass is 9.98. The molecule has 0 bridgehead atoms. The SMILES string of the molecule is CCCCCCCCCCCCCCCCCCCCCCCCCC(=O)N[C@@H](COC1OC(CO)C(O)C(O)C1O)[C@H](O)[C@H](O)CCCCCCCCCCCCCCCCC. The number of carbonyl (C=O) groups excluding carboxylic acids is 1. The number of ether oxygens (including phenoxy) is 2. The molecule has 0 aromatic carbocycles. The van der Waals surface area contributed by atoms with E-state index in [1.165, 1.54) is 205 Å². The highest BCUT2D eigenvalue weighted by molar-refractivity contribution is 5.76. The Kier molecular flexibility index (Phi) is 41.7. The van der Waals surface area contributed by atoms with Crippen LogP contribution >= 0.6 is 0 Å². The zero-order chi connectivity index (χ0) is 46.0. The average Bonchev–Trinajstić information content (AvgIpc) is 3.28. The molecule has 376 valence electrons. The second-order valence-electron chi connectivity index (χ2n) is 19.5. The van der Waals surface area contributed by atoms with E-state index in [9.17, 15) is 35.4 Å². The Hall–Kier alpha value is -0.850. The van der Waals surface area contributed by atoms with Crippen LogP contribution in [0.5, 0.6) is 0 Å². The molecule has 1 saturated heterocycles. The first-order valence-electron chi connectivity index (χ1n) is 27.3. The molecule has 1 aliphatic heterocycles. The van der Waals surface area contributed by atoms with Crippen molar-refractivity contribution in [2.24, 2.45) is 0 Å². The molecule has 0 aromatic rings. The number of nitrogens with one attached hydrogen (secondary N) is 1. The van der Waals surface area contributed by atoms with Gasteiger partial charge in [-0.3, -0.25) is 4.79 Å². The third-order valence-electron chi connectivity index (χ3n) is 13.6. The monoisotopic (exact) mass is 900 g/mol. The third-order valence-corrected chi connectivity index (χ3v) is 13.6. The summed E-state index contributed by atoms with van der Waals surface area (Å²) in [5.74, 6) is -0.251. The maximum Gasteiger partial charge on any atom is 0.220 e. The number of amides is 1. The van der Waals surface area contributed by atoms with E-state index >= 15 is 0 Å². The molecule has 0 aliphatic carbocycles. The van der Waals surface area contributed by atoms with Crippen LogP contribution in [0.3, 0.4) is 0 Å². The Balaban J connectivity index is 2.26. The molecular weight excluding hydrogens is 795 g/mol. The molecule has 1 rings (SSSR count). The molecule has 1 amide bonds. The standard InChI is InChI=1S/C53H105NO9/c1-3-5-7-9-11-13-15-17-19-20-21-22-23-24-25-26-28-30-32-34-36-38-40-42-48(57)54-45(44-62-53-52(61)51(60)50(59)47(43-55)63-53)49(58)46(56)41-39-37-35-33-31-29-27-18-16-14-12-10-8-6-4-2/h45-47,49-53,55-56,58-61H,3-44H2,1-2H3,(H,54,57)/t45-,46+,47?,49-,50?,51?,52?,53?/m0/s1. The summed E-state index contributed by atoms with van der Waals surface area (Å²) in [6.07, 6.45) is 39.7. The van der Waals surface area contributed by atoms with Crippen molar-refractivity contribution in [3.8, 4) is 0 Å². The Morgan fingerprint density at radius 3 is 1.17 bits per heavy atom. The van der Waals surface area contributed by atoms with E-state index in [2.05, 4.69) is 19.2 Å². The van der Waals surface area contributed by atoms with Gasteiger partial charge in [0.05, 0.1) is 25.4 Å². The number of rotatable bonds is 47. The van der Waals surface area contributed by atoms with Gasteiger partial charge in [-0.05, 0) is 12.8 Å². The lowest BCUT2D eigenvalue weighted by molar-refractivity contribution is -0.303. The van der Waals surface area contributed by atoms with Crippen molar-refractivity contribution in [1.29, 1.82) is 0 Å². The van der Waals surface area contributed by atoms with Crippen molar-refractivity contribution >= 4 is 5.91 Å². The second-order valence-corrected chi connectivity index (χ2v) is 19.5. The zero-order valence-electron chi connectivity index (χ0n) is 41.2. The highest BCUT2D eigenvalue weighted by Crippen LogP contribution is 2.23. The topological polar surface area (TPSA) is 169 Å². The van der Waals surface area contributed by atoms with Crippen LogP contribution in [0.1, 0.15) is 271 Å². The quantitative estimate of drug-likeness (QED) is 0.0294. The molecule has 10 heteroatoms. The Bertz CT molecular complexity index is 973. The smallest absolute Gasteiger partial charge is 0.220 e. The Morgan fingerprint density at radius 1 is 0.492 bits per heavy atom. The van der Waals surface area contributed by atoms with Crippen LogP contribution in [0.4, 0.5) is 0 Å². The van der Waals surface area contributed by atoms with Gasteiger partial charge in [0.25, 0.3) is 0 Å². The minimum Gasteiger partial charge on any atom is -0.394 e. The third kappa shape index (κ3) is 33.3. The van der Waals surface area contributed by atoms with Crippen LogP contribution in [0.15, 0.2) is 0 Å². The van der Waals surface area contributed by atoms with Crippen molar-refractivity contribution in [3.05, 3.63) is 0 Å². The van der Waals surface area contributed by atoms with E-state index in [1.807, 2.05) is 0 Å². The van der Waals surface area contributed by atoms with Crippen molar-refractivity contribution in [2.45, 2.75) is 320 Å². The van der Waals surface area contributed by atoms with Crippen LogP contribution in [0.2, 0.25) is 0 Å². The Labute approximate surface area is 387 Å². The molecule has 1 fully saturated rings. The van der Waals surface area contributed by atoms with Crippen molar-refractivity contribution < 1.29 is 44.9 Å². The van der Waals surface area contributed by atoms with Gasteiger partial charge in [-0.1, -0.05) is 251 Å². The van der Waals surface area contributed by atoms with Gasteiger partial charge < -0.3 is 45.4 Å². The number of unbranched alkanes of at least 4 members (excludes halogenated alkanes) is 36. The summed E-state index contributed by atoms with van der Waals surface area (Å²) in [7, 11) is 0. The van der Waals surface area contributed by atoms with Crippen LogP contribution in [-0.2, 0) is 14.3 Å². The molecule has 8 atom stereocenters. The van der Waals surface area contributed by atoms with Crippen LogP contribution in [-0.4, -0.2) is 98.7 Å². The normalized spacial score (nSPS) is 20.5. The van der Waals surface area contributed by atoms with E-state index < -0.39 is 55.6 Å². The van der Waals surface area contributed by atoms with Gasteiger partial charge in [0.15, 0.2) is 6.29 Å². The summed E-state index contributed by atoms with van der Waals surface area (Å²) in [6, 6.07) is -0.985. The summed E-state index contributed by atoms with van der Waals surface area (Å²) < 4.78 is 11.2. The highest BCUT2D eigenvalue weighted by atomic mass is 16.7. The molecule has 7 N–H and O–H groups in total. The van der Waals surface area contributed by atoms with Gasteiger partial charge in [-0.15, -0.1) is 0 Å². The van der Waals surface area contributed by atoms with Crippen LogP contribution in [0.25, 0.3) is 0 Å². The van der Waals surface area contributed by atoms with Crippen molar-refractivity contribution in [1.82, 2.24) is 5.32 Å². The summed E-state index contributed by atoms with van der Waals surface area (Å²) in [5.41, 5.74) is 0. The number of hydrogen-bond acceptors (Lipinski definition) is 9. The second kappa shape index (κ2) is 43.7. The van der Waals surface area contributed by atoms with Gasteiger partial charge >= 0.3 is 0 Å². The molecule has 0 aromatic heterocycles. The number of aliphatic hydroxyl groups is 6. The van der Waals surface area contributed by atoms with Gasteiger partial charge in [0.2, 0.25) is 5.91 Å². The highest BCUT2D eigenvalue weighted by Gasteiger charge is 2.44. The average molecular weight is 900 g/mol. The first-order chi connectivity index (χ1) is 30.8. The molecule has 0 saturated carbocycles. The van der Waals surface area contributed by atoms with Gasteiger partial charge in [-0.25, -0.2) is 0 Å². The van der Waals surface area contributed by atoms with E-state index in [4.69, 9.17) is 9.47 Å². The molecular formula is C53H105NO9. The van der Waals surface area contributed by atoms with Crippen LogP contribution in [0, 0.1) is 0 Å². The van der Waals surface area contributed by atoms with E-state index in [0.717, 1.165) is 38.5 Å². The molecule has 63 heavy (non-hydrogen) atoms. The summed E-state index contributed by atoms with van der Waals surface area (Å²) in [4.78, 5) is 13.1. The van der Waals surface area contributed by atoms with Crippen molar-refractivity contribution in [2.75, 3.05) is 13.2 Å². The molecule has 1 heterocycles. The maximum atomic E-state index is 13.1. The van der Waals surface area contributed by atoms with E-state index in [-0.39, 0.29) is 18.9 Å². The fraction of sp³-hybridized carbons (Fsp3) is 0.981. The largest absolute Gasteiger partial charge is 0.394 e. The van der Waals surface area contributed by atoms with Crippen molar-refractivity contribution in [3.63, 3.8) is 0 Å². The van der Waals surface area contributed by atoms with Crippen LogP contribution < -0.4 is 5.32 Å². The zero-order valence-corrected chi connectivity index (χ0v) is 41.2. The fourth-order valence-electron chi connectivity index (χ4n) is 9.14. The summed E-state index contributed by atoms with van der Waals surface area (Å²) >= 11 is 0. The number of aliphatic hydroxyl groups excluding tert-OH is 6. The van der Waals surface area contributed by atoms with Gasteiger partial charge in [-0.2, -0.15) is 0 Å². The lowest BCUT2D eigenvalue weighted by Gasteiger charge is -2.40. The lowest BCUT2D eigenvalue weighted by Crippen LogP contribution is -2.60. The fourth-order valence-corrected chi connectivity index (χ4v) is 9.14. The predicted molar refractivity (Wildman–Crippen MR) is 260 cm³/mol. The number of carbonyl (C=O) groups is 1. The molecule has 5 unspecified atom stereocenters. The van der Waals surface area contributed by atoms with E-state index in [1.54, 1.807) is 0 Å². The van der Waals surface area contributed by atoms with E-state index in [0.29, 0.717) is 6.42 Å². The van der Waals surface area contributed by atoms with Gasteiger partial charge in [0, 0.05) is 6.42 Å². The number of hydrogen-bond donors (Lipinski definition) is 7. The molecule has 10 nitrogen and oxygen atoms in total.